The van der Waals surface area contributed by atoms with E-state index in [1.165, 1.54) is 5.56 Å². The van der Waals surface area contributed by atoms with Gasteiger partial charge in [0.25, 0.3) is 0 Å². The Morgan fingerprint density at radius 3 is 2.52 bits per heavy atom. The Kier molecular flexibility index (Phi) is 5.04. The lowest BCUT2D eigenvalue weighted by Crippen LogP contribution is -2.45. The highest BCUT2D eigenvalue weighted by Gasteiger charge is 2.31. The number of hydrogen-bond acceptors (Lipinski definition) is 2. The summed E-state index contributed by atoms with van der Waals surface area (Å²) in [5.74, 6) is 0.335. The number of hydrogen-bond donors (Lipinski definition) is 2. The Bertz CT molecular complexity index is 464. The Balaban J connectivity index is 2.10. The Morgan fingerprint density at radius 2 is 1.95 bits per heavy atom. The molecule has 1 aromatic carbocycles. The van der Waals surface area contributed by atoms with E-state index in [1.54, 1.807) is 0 Å². The number of amides is 1. The van der Waals surface area contributed by atoms with Crippen LogP contribution in [0.3, 0.4) is 0 Å². The first-order chi connectivity index (χ1) is 9.88. The molecule has 0 aromatic heterocycles. The van der Waals surface area contributed by atoms with Gasteiger partial charge in [-0.2, -0.15) is 0 Å². The van der Waals surface area contributed by atoms with Crippen LogP contribution in [0.1, 0.15) is 52.1 Å². The van der Waals surface area contributed by atoms with Gasteiger partial charge in [-0.05, 0) is 37.3 Å². The van der Waals surface area contributed by atoms with Gasteiger partial charge in [-0.25, -0.2) is 0 Å². The summed E-state index contributed by atoms with van der Waals surface area (Å²) >= 11 is 0. The second kappa shape index (κ2) is 6.61. The topological polar surface area (TPSA) is 41.1 Å². The van der Waals surface area contributed by atoms with Crippen molar-refractivity contribution in [3.05, 3.63) is 35.9 Å². The maximum Gasteiger partial charge on any atom is 0.223 e. The van der Waals surface area contributed by atoms with Crippen LogP contribution in [0.25, 0.3) is 0 Å². The van der Waals surface area contributed by atoms with Gasteiger partial charge in [0.1, 0.15) is 0 Å². The van der Waals surface area contributed by atoms with E-state index in [9.17, 15) is 4.79 Å². The second-order valence-electron chi connectivity index (χ2n) is 7.29. The fraction of sp³-hybridized carbons (Fsp3) is 0.611. The minimum absolute atomic E-state index is 0.00442. The van der Waals surface area contributed by atoms with Gasteiger partial charge < -0.3 is 10.6 Å². The molecule has 1 aliphatic rings. The number of carbonyl (C=O) groups excluding carboxylic acids is 1. The summed E-state index contributed by atoms with van der Waals surface area (Å²) in [6.07, 6.45) is 1.86. The second-order valence-corrected chi connectivity index (χ2v) is 7.29. The van der Waals surface area contributed by atoms with Gasteiger partial charge >= 0.3 is 0 Å². The highest BCUT2D eigenvalue weighted by molar-refractivity contribution is 5.79. The molecule has 0 aliphatic carbocycles. The molecule has 1 saturated heterocycles. The summed E-state index contributed by atoms with van der Waals surface area (Å²) in [5.41, 5.74) is 1.18. The zero-order valence-corrected chi connectivity index (χ0v) is 13.6. The SMILES string of the molecule is C[C@H]1C[C@@H](C(=O)NC(c2ccccc2)C(C)(C)C)CCN1. The van der Waals surface area contributed by atoms with E-state index in [4.69, 9.17) is 0 Å². The summed E-state index contributed by atoms with van der Waals surface area (Å²) in [5, 5.41) is 6.70. The molecule has 21 heavy (non-hydrogen) atoms. The fourth-order valence-electron chi connectivity index (χ4n) is 3.08. The maximum absolute atomic E-state index is 12.6. The first-order valence-electron chi connectivity index (χ1n) is 7.96. The first-order valence-corrected chi connectivity index (χ1v) is 7.96. The van der Waals surface area contributed by atoms with Gasteiger partial charge in [-0.3, -0.25) is 4.79 Å². The van der Waals surface area contributed by atoms with Crippen LogP contribution in [0.4, 0.5) is 0 Å². The lowest BCUT2D eigenvalue weighted by Gasteiger charge is -2.35. The van der Waals surface area contributed by atoms with Gasteiger partial charge in [-0.15, -0.1) is 0 Å². The van der Waals surface area contributed by atoms with Crippen molar-refractivity contribution < 1.29 is 4.79 Å². The molecule has 2 N–H and O–H groups in total. The van der Waals surface area contributed by atoms with E-state index in [2.05, 4.69) is 50.5 Å². The van der Waals surface area contributed by atoms with Crippen molar-refractivity contribution in [1.82, 2.24) is 10.6 Å². The van der Waals surface area contributed by atoms with Gasteiger partial charge in [0.2, 0.25) is 5.91 Å². The number of rotatable bonds is 3. The molecule has 3 nitrogen and oxygen atoms in total. The van der Waals surface area contributed by atoms with Crippen LogP contribution in [0.15, 0.2) is 30.3 Å². The normalized spacial score (nSPS) is 24.4. The molecular weight excluding hydrogens is 260 g/mol. The summed E-state index contributed by atoms with van der Waals surface area (Å²) < 4.78 is 0. The fourth-order valence-corrected chi connectivity index (χ4v) is 3.08. The third-order valence-corrected chi connectivity index (χ3v) is 4.28. The minimum atomic E-state index is -0.00442. The maximum atomic E-state index is 12.6. The summed E-state index contributed by atoms with van der Waals surface area (Å²) in [4.78, 5) is 12.6. The van der Waals surface area contributed by atoms with Crippen molar-refractivity contribution in [3.8, 4) is 0 Å². The average Bonchev–Trinajstić information content (AvgIpc) is 2.44. The van der Waals surface area contributed by atoms with E-state index in [0.29, 0.717) is 6.04 Å². The van der Waals surface area contributed by atoms with Crippen LogP contribution in [0, 0.1) is 11.3 Å². The molecule has 2 rings (SSSR count). The zero-order chi connectivity index (χ0) is 15.5. The zero-order valence-electron chi connectivity index (χ0n) is 13.6. The molecule has 1 fully saturated rings. The minimum Gasteiger partial charge on any atom is -0.349 e. The van der Waals surface area contributed by atoms with E-state index in [0.717, 1.165) is 19.4 Å². The largest absolute Gasteiger partial charge is 0.349 e. The smallest absolute Gasteiger partial charge is 0.223 e. The molecule has 0 spiro atoms. The highest BCUT2D eigenvalue weighted by Crippen LogP contribution is 2.33. The molecule has 0 bridgehead atoms. The molecule has 0 saturated carbocycles. The van der Waals surface area contributed by atoms with Crippen LogP contribution in [0.2, 0.25) is 0 Å². The molecule has 1 aliphatic heterocycles. The average molecular weight is 288 g/mol. The van der Waals surface area contributed by atoms with Crippen LogP contribution in [-0.4, -0.2) is 18.5 Å². The van der Waals surface area contributed by atoms with Gasteiger partial charge in [0.05, 0.1) is 6.04 Å². The Morgan fingerprint density at radius 1 is 1.29 bits per heavy atom. The third-order valence-electron chi connectivity index (χ3n) is 4.28. The number of nitrogens with one attached hydrogen (secondary N) is 2. The van der Waals surface area contributed by atoms with E-state index in [-0.39, 0.29) is 23.3 Å². The summed E-state index contributed by atoms with van der Waals surface area (Å²) in [6, 6.07) is 10.8. The lowest BCUT2D eigenvalue weighted by atomic mass is 9.81. The van der Waals surface area contributed by atoms with E-state index in [1.807, 2.05) is 18.2 Å². The van der Waals surface area contributed by atoms with Crippen molar-refractivity contribution in [3.63, 3.8) is 0 Å². The van der Waals surface area contributed by atoms with Gasteiger partial charge in [-0.1, -0.05) is 51.1 Å². The standard InChI is InChI=1S/C18H28N2O/c1-13-12-15(10-11-19-13)17(21)20-16(18(2,3)4)14-8-6-5-7-9-14/h5-9,13,15-16,19H,10-12H2,1-4H3,(H,20,21)/t13-,15-,16?/m0/s1. The van der Waals surface area contributed by atoms with E-state index >= 15 is 0 Å². The van der Waals surface area contributed by atoms with Crippen molar-refractivity contribution in [2.24, 2.45) is 11.3 Å². The molecule has 1 unspecified atom stereocenters. The van der Waals surface area contributed by atoms with Gasteiger partial charge in [0.15, 0.2) is 0 Å². The summed E-state index contributed by atoms with van der Waals surface area (Å²) in [7, 11) is 0. The van der Waals surface area contributed by atoms with Crippen molar-refractivity contribution in [2.75, 3.05) is 6.54 Å². The molecule has 116 valence electrons. The van der Waals surface area contributed by atoms with Crippen LogP contribution < -0.4 is 10.6 Å². The predicted octanol–water partition coefficient (Wildman–Crippen LogP) is 3.28. The number of benzene rings is 1. The van der Waals surface area contributed by atoms with Crippen LogP contribution in [-0.2, 0) is 4.79 Å². The molecule has 3 atom stereocenters. The van der Waals surface area contributed by atoms with Crippen molar-refractivity contribution in [1.29, 1.82) is 0 Å². The molecule has 3 heteroatoms. The van der Waals surface area contributed by atoms with Crippen molar-refractivity contribution >= 4 is 5.91 Å². The monoisotopic (exact) mass is 288 g/mol. The third kappa shape index (κ3) is 4.31. The van der Waals surface area contributed by atoms with Crippen LogP contribution >= 0.6 is 0 Å². The number of piperidine rings is 1. The van der Waals surface area contributed by atoms with Crippen LogP contribution in [0.5, 0.6) is 0 Å². The first kappa shape index (κ1) is 16.0. The lowest BCUT2D eigenvalue weighted by molar-refractivity contribution is -0.127. The summed E-state index contributed by atoms with van der Waals surface area (Å²) in [6.45, 7) is 9.62. The molecule has 1 amide bonds. The Hall–Kier alpha value is -1.35. The molecule has 1 aromatic rings. The molecule has 0 radical (unpaired) electrons. The quantitative estimate of drug-likeness (QED) is 0.896. The van der Waals surface area contributed by atoms with Crippen molar-refractivity contribution in [2.45, 2.75) is 52.6 Å². The van der Waals surface area contributed by atoms with E-state index < -0.39 is 0 Å². The Labute approximate surface area is 128 Å². The highest BCUT2D eigenvalue weighted by atomic mass is 16.2. The molecule has 1 heterocycles. The van der Waals surface area contributed by atoms with Gasteiger partial charge in [0, 0.05) is 12.0 Å². The predicted molar refractivity (Wildman–Crippen MR) is 87.0 cm³/mol. The number of carbonyl (C=O) groups is 1. The molecular formula is C18H28N2O.